The van der Waals surface area contributed by atoms with Crippen molar-refractivity contribution in [2.24, 2.45) is 5.92 Å². The van der Waals surface area contributed by atoms with Crippen molar-refractivity contribution < 1.29 is 28.6 Å². The number of hydrogen-bond acceptors (Lipinski definition) is 5. The van der Waals surface area contributed by atoms with Crippen molar-refractivity contribution in [2.75, 3.05) is 5.32 Å². The van der Waals surface area contributed by atoms with Gasteiger partial charge in [0.15, 0.2) is 5.76 Å². The first-order chi connectivity index (χ1) is 21.0. The standard InChI is InChI=1S/C36H29NO6/c1-23(24-9-3-2-4-10-24)41-36(40)37-33-29-11-5-7-13-31(29)43-34(33)27-17-15-25(16-18-27)26-19-21-28(22-20-26)42-32-14-8-6-12-30(32)35(38)39/h2-23,30,32H,1H3,(H,37,40)(H,38,39). The molecule has 7 nitrogen and oxygen atoms in total. The zero-order chi connectivity index (χ0) is 29.8. The van der Waals surface area contributed by atoms with Crippen LogP contribution in [0.4, 0.5) is 10.5 Å². The fourth-order valence-corrected chi connectivity index (χ4v) is 5.08. The molecule has 0 saturated carbocycles. The van der Waals surface area contributed by atoms with Crippen molar-refractivity contribution in [3.8, 4) is 28.2 Å². The van der Waals surface area contributed by atoms with E-state index in [0.717, 1.165) is 27.6 Å². The van der Waals surface area contributed by atoms with E-state index in [0.29, 0.717) is 22.8 Å². The van der Waals surface area contributed by atoms with Gasteiger partial charge in [-0.25, -0.2) is 4.79 Å². The highest BCUT2D eigenvalue weighted by Crippen LogP contribution is 2.39. The number of rotatable bonds is 8. The van der Waals surface area contributed by atoms with Gasteiger partial charge in [0.1, 0.15) is 29.5 Å². The fourth-order valence-electron chi connectivity index (χ4n) is 5.08. The molecule has 7 heteroatoms. The van der Waals surface area contributed by atoms with Crippen LogP contribution >= 0.6 is 0 Å². The molecule has 5 aromatic rings. The number of carboxylic acid groups (broad SMARTS) is 1. The van der Waals surface area contributed by atoms with Gasteiger partial charge in [-0.05, 0) is 54.0 Å². The molecule has 6 rings (SSSR count). The van der Waals surface area contributed by atoms with E-state index in [1.54, 1.807) is 24.3 Å². The number of carbonyl (C=O) groups excluding carboxylic acids is 1. The van der Waals surface area contributed by atoms with Gasteiger partial charge in [0, 0.05) is 10.9 Å². The number of ether oxygens (including phenoxy) is 2. The summed E-state index contributed by atoms with van der Waals surface area (Å²) in [4.78, 5) is 24.5. The summed E-state index contributed by atoms with van der Waals surface area (Å²) in [6.45, 7) is 1.83. The summed E-state index contributed by atoms with van der Waals surface area (Å²) in [7, 11) is 0. The fraction of sp³-hybridized carbons (Fsp3) is 0.111. The Kier molecular flexibility index (Phi) is 7.78. The number of aliphatic carboxylic acids is 1. The zero-order valence-corrected chi connectivity index (χ0v) is 23.3. The van der Waals surface area contributed by atoms with Gasteiger partial charge in [0.25, 0.3) is 0 Å². The van der Waals surface area contributed by atoms with Crippen LogP contribution in [0.2, 0.25) is 0 Å². The van der Waals surface area contributed by atoms with E-state index in [-0.39, 0.29) is 0 Å². The summed E-state index contributed by atoms with van der Waals surface area (Å²) in [6, 6.07) is 32.5. The number of allylic oxidation sites excluding steroid dienone is 2. The third kappa shape index (κ3) is 6.06. The Morgan fingerprint density at radius 3 is 2.14 bits per heavy atom. The molecule has 0 aliphatic heterocycles. The topological polar surface area (TPSA) is 98.0 Å². The van der Waals surface area contributed by atoms with Crippen LogP contribution in [0, 0.1) is 5.92 Å². The highest BCUT2D eigenvalue weighted by Gasteiger charge is 2.27. The van der Waals surface area contributed by atoms with Crippen molar-refractivity contribution in [1.29, 1.82) is 0 Å². The number of benzene rings is 4. The van der Waals surface area contributed by atoms with Crippen LogP contribution in [0.3, 0.4) is 0 Å². The Balaban J connectivity index is 1.20. The minimum Gasteiger partial charge on any atom is -0.485 e. The van der Waals surface area contributed by atoms with Gasteiger partial charge in [-0.3, -0.25) is 10.1 Å². The number of para-hydroxylation sites is 1. The van der Waals surface area contributed by atoms with Crippen molar-refractivity contribution in [1.82, 2.24) is 0 Å². The third-order valence-electron chi connectivity index (χ3n) is 7.35. The summed E-state index contributed by atoms with van der Waals surface area (Å²) in [5, 5.41) is 13.2. The molecule has 0 spiro atoms. The van der Waals surface area contributed by atoms with E-state index in [9.17, 15) is 14.7 Å². The molecule has 3 unspecified atom stereocenters. The monoisotopic (exact) mass is 571 g/mol. The summed E-state index contributed by atoms with van der Waals surface area (Å²) in [6.07, 6.45) is 5.31. The molecule has 1 aliphatic rings. The van der Waals surface area contributed by atoms with E-state index in [2.05, 4.69) is 5.32 Å². The molecule has 2 N–H and O–H groups in total. The van der Waals surface area contributed by atoms with Gasteiger partial charge in [-0.1, -0.05) is 97.1 Å². The molecule has 1 heterocycles. The molecule has 214 valence electrons. The smallest absolute Gasteiger partial charge is 0.412 e. The number of nitrogens with one attached hydrogen (secondary N) is 1. The molecule has 0 saturated heterocycles. The molecule has 1 aliphatic carbocycles. The molecule has 4 aromatic carbocycles. The molecular weight excluding hydrogens is 542 g/mol. The molecule has 0 radical (unpaired) electrons. The lowest BCUT2D eigenvalue weighted by atomic mass is 9.97. The lowest BCUT2D eigenvalue weighted by Crippen LogP contribution is -2.31. The SMILES string of the molecule is CC(OC(=O)Nc1c(-c2ccc(-c3ccc(OC4C=CC=CC4C(=O)O)cc3)cc2)oc2ccccc12)c1ccccc1. The minimum atomic E-state index is -0.927. The van der Waals surface area contributed by atoms with E-state index in [4.69, 9.17) is 13.9 Å². The first-order valence-corrected chi connectivity index (χ1v) is 14.0. The number of anilines is 1. The van der Waals surface area contributed by atoms with E-state index >= 15 is 0 Å². The highest BCUT2D eigenvalue weighted by atomic mass is 16.6. The van der Waals surface area contributed by atoms with E-state index < -0.39 is 30.2 Å². The van der Waals surface area contributed by atoms with E-state index in [1.807, 2.05) is 110 Å². The van der Waals surface area contributed by atoms with Crippen LogP contribution in [-0.2, 0) is 9.53 Å². The Morgan fingerprint density at radius 2 is 1.42 bits per heavy atom. The zero-order valence-electron chi connectivity index (χ0n) is 23.3. The van der Waals surface area contributed by atoms with Crippen molar-refractivity contribution >= 4 is 28.7 Å². The number of hydrogen-bond donors (Lipinski definition) is 2. The van der Waals surface area contributed by atoms with Crippen molar-refractivity contribution in [2.45, 2.75) is 19.1 Å². The highest BCUT2D eigenvalue weighted by molar-refractivity contribution is 6.05. The lowest BCUT2D eigenvalue weighted by molar-refractivity contribution is -0.142. The second-order valence-electron chi connectivity index (χ2n) is 10.2. The maximum Gasteiger partial charge on any atom is 0.412 e. The first-order valence-electron chi connectivity index (χ1n) is 14.0. The maximum absolute atomic E-state index is 12.9. The Bertz CT molecular complexity index is 1800. The number of fused-ring (bicyclic) bond motifs is 1. The number of carboxylic acids is 1. The van der Waals surface area contributed by atoms with Crippen LogP contribution in [-0.4, -0.2) is 23.3 Å². The summed E-state index contributed by atoms with van der Waals surface area (Å²) in [5.41, 5.74) is 4.83. The average Bonchev–Trinajstić information content (AvgIpc) is 3.40. The number of furan rings is 1. The maximum atomic E-state index is 12.9. The van der Waals surface area contributed by atoms with Gasteiger partial charge in [0.2, 0.25) is 0 Å². The molecule has 1 aromatic heterocycles. The van der Waals surface area contributed by atoms with Crippen molar-refractivity contribution in [3.05, 3.63) is 133 Å². The van der Waals surface area contributed by atoms with Crippen LogP contribution < -0.4 is 10.1 Å². The van der Waals surface area contributed by atoms with Gasteiger partial charge < -0.3 is 19.0 Å². The Labute approximate surface area is 248 Å². The summed E-state index contributed by atoms with van der Waals surface area (Å²) < 4.78 is 17.8. The average molecular weight is 572 g/mol. The predicted molar refractivity (Wildman–Crippen MR) is 166 cm³/mol. The second kappa shape index (κ2) is 12.1. The van der Waals surface area contributed by atoms with Crippen LogP contribution in [0.25, 0.3) is 33.4 Å². The molecular formula is C36H29NO6. The summed E-state index contributed by atoms with van der Waals surface area (Å²) in [5.74, 6) is -0.542. The minimum absolute atomic E-state index is 0.423. The van der Waals surface area contributed by atoms with Gasteiger partial charge in [-0.2, -0.15) is 0 Å². The first kappa shape index (κ1) is 27.6. The normalized spacial score (nSPS) is 16.5. The Hall–Kier alpha value is -5.56. The van der Waals surface area contributed by atoms with Crippen molar-refractivity contribution in [3.63, 3.8) is 0 Å². The number of amides is 1. The predicted octanol–water partition coefficient (Wildman–Crippen LogP) is 8.65. The van der Waals surface area contributed by atoms with E-state index in [1.165, 1.54) is 0 Å². The largest absolute Gasteiger partial charge is 0.485 e. The molecule has 3 atom stereocenters. The van der Waals surface area contributed by atoms with Gasteiger partial charge in [-0.15, -0.1) is 0 Å². The second-order valence-corrected chi connectivity index (χ2v) is 10.2. The van der Waals surface area contributed by atoms with Gasteiger partial charge >= 0.3 is 12.1 Å². The van der Waals surface area contributed by atoms with Crippen LogP contribution in [0.5, 0.6) is 5.75 Å². The Morgan fingerprint density at radius 1 is 0.791 bits per heavy atom. The van der Waals surface area contributed by atoms with Crippen LogP contribution in [0.1, 0.15) is 18.6 Å². The molecule has 43 heavy (non-hydrogen) atoms. The molecule has 0 fully saturated rings. The third-order valence-corrected chi connectivity index (χ3v) is 7.35. The molecule has 0 bridgehead atoms. The lowest BCUT2D eigenvalue weighted by Gasteiger charge is -2.22. The summed E-state index contributed by atoms with van der Waals surface area (Å²) >= 11 is 0. The van der Waals surface area contributed by atoms with Crippen LogP contribution in [0.15, 0.2) is 132 Å². The number of carbonyl (C=O) groups is 2. The molecule has 1 amide bonds. The van der Waals surface area contributed by atoms with Gasteiger partial charge in [0.05, 0.1) is 5.69 Å². The quantitative estimate of drug-likeness (QED) is 0.193.